The Labute approximate surface area is 202 Å². The van der Waals surface area contributed by atoms with E-state index in [-0.39, 0.29) is 23.1 Å². The standard InChI is InChI=1S/C27H24ClN3O3/c28-24-23(21-14-8-3-9-15-21)31(22(27(33)34)18-20-12-6-2-7-13-20)26(32)25(30-24)29-17-16-19-10-4-1-5-11-19/h1-15,22H,16-18H2,(H,29,30)(H,33,34). The van der Waals surface area contributed by atoms with Gasteiger partial charge in [0.15, 0.2) is 11.0 Å². The topological polar surface area (TPSA) is 84.2 Å². The molecule has 1 aromatic heterocycles. The molecule has 2 N–H and O–H groups in total. The van der Waals surface area contributed by atoms with Crippen molar-refractivity contribution >= 4 is 23.4 Å². The van der Waals surface area contributed by atoms with Crippen LogP contribution in [0.3, 0.4) is 0 Å². The van der Waals surface area contributed by atoms with Crippen molar-refractivity contribution in [2.24, 2.45) is 0 Å². The minimum absolute atomic E-state index is 0.0277. The summed E-state index contributed by atoms with van der Waals surface area (Å²) in [6.45, 7) is 0.448. The van der Waals surface area contributed by atoms with Crippen molar-refractivity contribution in [2.75, 3.05) is 11.9 Å². The maximum absolute atomic E-state index is 13.6. The van der Waals surface area contributed by atoms with E-state index in [9.17, 15) is 14.7 Å². The Balaban J connectivity index is 1.77. The number of hydrogen-bond donors (Lipinski definition) is 2. The molecule has 0 aliphatic heterocycles. The zero-order valence-corrected chi connectivity index (χ0v) is 19.2. The number of aromatic nitrogens is 2. The molecular weight excluding hydrogens is 450 g/mol. The third kappa shape index (κ3) is 5.35. The molecule has 0 aliphatic carbocycles. The molecule has 172 valence electrons. The fourth-order valence-corrected chi connectivity index (χ4v) is 4.16. The first kappa shape index (κ1) is 23.3. The van der Waals surface area contributed by atoms with Crippen LogP contribution in [-0.2, 0) is 17.6 Å². The molecule has 1 unspecified atom stereocenters. The first-order chi connectivity index (χ1) is 16.5. The summed E-state index contributed by atoms with van der Waals surface area (Å²) in [6, 6.07) is 26.9. The molecule has 34 heavy (non-hydrogen) atoms. The molecule has 0 saturated heterocycles. The Morgan fingerprint density at radius 3 is 2.06 bits per heavy atom. The lowest BCUT2D eigenvalue weighted by molar-refractivity contribution is -0.140. The van der Waals surface area contributed by atoms with Crippen molar-refractivity contribution in [3.8, 4) is 11.3 Å². The highest BCUT2D eigenvalue weighted by molar-refractivity contribution is 6.32. The van der Waals surface area contributed by atoms with Gasteiger partial charge in [0.05, 0.1) is 5.69 Å². The van der Waals surface area contributed by atoms with E-state index in [0.717, 1.165) is 11.1 Å². The molecule has 4 rings (SSSR count). The highest BCUT2D eigenvalue weighted by Crippen LogP contribution is 2.30. The van der Waals surface area contributed by atoms with Crippen LogP contribution in [0.1, 0.15) is 17.2 Å². The molecule has 3 aromatic carbocycles. The van der Waals surface area contributed by atoms with Crippen molar-refractivity contribution < 1.29 is 9.90 Å². The zero-order chi connectivity index (χ0) is 23.9. The van der Waals surface area contributed by atoms with Gasteiger partial charge in [-0.25, -0.2) is 9.78 Å². The van der Waals surface area contributed by atoms with Gasteiger partial charge in [0, 0.05) is 18.5 Å². The first-order valence-corrected chi connectivity index (χ1v) is 11.3. The third-order valence-corrected chi connectivity index (χ3v) is 5.80. The molecule has 1 heterocycles. The molecule has 7 heteroatoms. The average Bonchev–Trinajstić information content (AvgIpc) is 2.86. The number of halogens is 1. The third-order valence-electron chi connectivity index (χ3n) is 5.53. The molecule has 0 aliphatic rings. The van der Waals surface area contributed by atoms with E-state index in [4.69, 9.17) is 11.6 Å². The summed E-state index contributed by atoms with van der Waals surface area (Å²) in [5.74, 6) is -1.10. The van der Waals surface area contributed by atoms with E-state index in [2.05, 4.69) is 10.3 Å². The monoisotopic (exact) mass is 473 g/mol. The van der Waals surface area contributed by atoms with Gasteiger partial charge in [0.25, 0.3) is 5.56 Å². The maximum Gasteiger partial charge on any atom is 0.327 e. The van der Waals surface area contributed by atoms with Crippen molar-refractivity contribution in [3.63, 3.8) is 0 Å². The summed E-state index contributed by atoms with van der Waals surface area (Å²) in [5.41, 5.74) is 2.28. The quantitative estimate of drug-likeness (QED) is 0.354. The molecule has 0 saturated carbocycles. The predicted molar refractivity (Wildman–Crippen MR) is 134 cm³/mol. The Bertz CT molecular complexity index is 1310. The van der Waals surface area contributed by atoms with Crippen molar-refractivity contribution in [3.05, 3.63) is 118 Å². The van der Waals surface area contributed by atoms with Gasteiger partial charge in [-0.15, -0.1) is 0 Å². The molecule has 0 bridgehead atoms. The first-order valence-electron chi connectivity index (χ1n) is 11.0. The highest BCUT2D eigenvalue weighted by Gasteiger charge is 2.28. The van der Waals surface area contributed by atoms with Gasteiger partial charge in [-0.1, -0.05) is 103 Å². The smallest absolute Gasteiger partial charge is 0.327 e. The van der Waals surface area contributed by atoms with Crippen LogP contribution in [0.2, 0.25) is 5.15 Å². The van der Waals surface area contributed by atoms with E-state index >= 15 is 0 Å². The average molecular weight is 474 g/mol. The van der Waals surface area contributed by atoms with Crippen LogP contribution in [0.15, 0.2) is 95.8 Å². The van der Waals surface area contributed by atoms with E-state index in [1.165, 1.54) is 4.57 Å². The van der Waals surface area contributed by atoms with Gasteiger partial charge in [-0.2, -0.15) is 0 Å². The van der Waals surface area contributed by atoms with Crippen LogP contribution < -0.4 is 10.9 Å². The summed E-state index contributed by atoms with van der Waals surface area (Å²) >= 11 is 6.58. The van der Waals surface area contributed by atoms with E-state index in [1.807, 2.05) is 66.7 Å². The van der Waals surface area contributed by atoms with Crippen LogP contribution in [-0.4, -0.2) is 27.2 Å². The second-order valence-electron chi connectivity index (χ2n) is 7.85. The zero-order valence-electron chi connectivity index (χ0n) is 18.4. The lowest BCUT2D eigenvalue weighted by Crippen LogP contribution is -2.35. The van der Waals surface area contributed by atoms with Gasteiger partial charge < -0.3 is 10.4 Å². The van der Waals surface area contributed by atoms with E-state index in [1.54, 1.807) is 24.3 Å². The fraction of sp³-hybridized carbons (Fsp3) is 0.148. The number of aliphatic carboxylic acids is 1. The summed E-state index contributed by atoms with van der Waals surface area (Å²) < 4.78 is 1.25. The number of hydrogen-bond acceptors (Lipinski definition) is 4. The Hall–Kier alpha value is -3.90. The predicted octanol–water partition coefficient (Wildman–Crippen LogP) is 5.09. The molecule has 0 fully saturated rings. The van der Waals surface area contributed by atoms with Gasteiger partial charge in [0.1, 0.15) is 6.04 Å². The number of benzene rings is 3. The summed E-state index contributed by atoms with van der Waals surface area (Å²) in [5, 5.41) is 13.3. The largest absolute Gasteiger partial charge is 0.480 e. The fourth-order valence-electron chi connectivity index (χ4n) is 3.88. The number of anilines is 1. The maximum atomic E-state index is 13.6. The van der Waals surface area contributed by atoms with E-state index < -0.39 is 17.6 Å². The normalized spacial score (nSPS) is 11.7. The molecule has 0 radical (unpaired) electrons. The van der Waals surface area contributed by atoms with Crippen LogP contribution in [0.5, 0.6) is 0 Å². The molecular formula is C27H24ClN3O3. The van der Waals surface area contributed by atoms with Crippen LogP contribution in [0.25, 0.3) is 11.3 Å². The number of carboxylic acid groups (broad SMARTS) is 1. The van der Waals surface area contributed by atoms with Crippen molar-refractivity contribution in [1.29, 1.82) is 0 Å². The van der Waals surface area contributed by atoms with Crippen LogP contribution in [0.4, 0.5) is 5.82 Å². The second-order valence-corrected chi connectivity index (χ2v) is 8.21. The van der Waals surface area contributed by atoms with E-state index in [0.29, 0.717) is 18.5 Å². The van der Waals surface area contributed by atoms with Crippen molar-refractivity contribution in [1.82, 2.24) is 9.55 Å². The van der Waals surface area contributed by atoms with Gasteiger partial charge in [0.2, 0.25) is 0 Å². The van der Waals surface area contributed by atoms with Crippen LogP contribution in [0, 0.1) is 0 Å². The SMILES string of the molecule is O=C(O)C(Cc1ccccc1)n1c(-c2ccccc2)c(Cl)nc(NCCc2ccccc2)c1=O. The highest BCUT2D eigenvalue weighted by atomic mass is 35.5. The minimum atomic E-state index is -1.17. The number of carboxylic acids is 1. The molecule has 6 nitrogen and oxygen atoms in total. The molecule has 1 atom stereocenters. The number of nitrogens with zero attached hydrogens (tertiary/aromatic N) is 2. The Morgan fingerprint density at radius 1 is 0.912 bits per heavy atom. The summed E-state index contributed by atoms with van der Waals surface area (Å²) in [4.78, 5) is 30.3. The van der Waals surface area contributed by atoms with Gasteiger partial charge in [-0.3, -0.25) is 9.36 Å². The molecule has 0 amide bonds. The number of rotatable bonds is 9. The van der Waals surface area contributed by atoms with Crippen molar-refractivity contribution in [2.45, 2.75) is 18.9 Å². The molecule has 4 aromatic rings. The number of carbonyl (C=O) groups is 1. The number of nitrogens with one attached hydrogen (secondary N) is 1. The minimum Gasteiger partial charge on any atom is -0.480 e. The molecule has 0 spiro atoms. The Kier molecular flexibility index (Phi) is 7.40. The van der Waals surface area contributed by atoms with Gasteiger partial charge >= 0.3 is 5.97 Å². The Morgan fingerprint density at radius 2 is 1.47 bits per heavy atom. The lowest BCUT2D eigenvalue weighted by atomic mass is 10.0. The van der Waals surface area contributed by atoms with Gasteiger partial charge in [-0.05, 0) is 17.5 Å². The van der Waals surface area contributed by atoms with Crippen LogP contribution >= 0.6 is 11.6 Å². The summed E-state index contributed by atoms with van der Waals surface area (Å²) in [6.07, 6.45) is 0.798. The lowest BCUT2D eigenvalue weighted by Gasteiger charge is -2.22. The second kappa shape index (κ2) is 10.8. The summed E-state index contributed by atoms with van der Waals surface area (Å²) in [7, 11) is 0.